The number of rotatable bonds is 42. The van der Waals surface area contributed by atoms with Crippen LogP contribution >= 0.6 is 0 Å². The number of hydrogen-bond acceptors (Lipinski definition) is 5. The molecule has 8 heteroatoms. The Morgan fingerprint density at radius 1 is 0.442 bits per heavy atom. The van der Waals surface area contributed by atoms with Gasteiger partial charge in [0.2, 0.25) is 11.8 Å². The minimum absolute atomic E-state index is 0.106. The summed E-state index contributed by atoms with van der Waals surface area (Å²) in [6, 6.07) is 0.658. The van der Waals surface area contributed by atoms with Crippen LogP contribution in [0.4, 0.5) is 0 Å². The van der Waals surface area contributed by atoms with Crippen LogP contribution in [0.5, 0.6) is 0 Å². The van der Waals surface area contributed by atoms with E-state index in [0.717, 1.165) is 32.1 Å². The van der Waals surface area contributed by atoms with Crippen molar-refractivity contribution in [1.29, 1.82) is 0 Å². The largest absolute Gasteiger partial charge is 0.500 e. The number of amides is 2. The molecule has 0 rings (SSSR count). The Morgan fingerprint density at radius 2 is 0.769 bits per heavy atom. The zero-order chi connectivity index (χ0) is 38.2. The summed E-state index contributed by atoms with van der Waals surface area (Å²) in [5.41, 5.74) is 0. The predicted octanol–water partition coefficient (Wildman–Crippen LogP) is 12.7. The summed E-state index contributed by atoms with van der Waals surface area (Å²) in [6.45, 7) is 6.23. The van der Waals surface area contributed by atoms with E-state index in [2.05, 4.69) is 19.2 Å². The smallest absolute Gasteiger partial charge is 0.377 e. The van der Waals surface area contributed by atoms with Crippen molar-refractivity contribution in [3.05, 3.63) is 0 Å². The van der Waals surface area contributed by atoms with Gasteiger partial charge in [0.15, 0.2) is 0 Å². The summed E-state index contributed by atoms with van der Waals surface area (Å²) >= 11 is 0. The highest BCUT2D eigenvalue weighted by Gasteiger charge is 2.37. The third-order valence-electron chi connectivity index (χ3n) is 10.9. The fourth-order valence-corrected chi connectivity index (χ4v) is 8.99. The molecule has 0 aromatic rings. The van der Waals surface area contributed by atoms with Crippen LogP contribution in [0.15, 0.2) is 0 Å². The molecule has 7 nitrogen and oxygen atoms in total. The molecule has 0 unspecified atom stereocenters. The number of nitrogens with zero attached hydrogens (tertiary/aromatic N) is 1. The normalized spacial score (nSPS) is 11.7. The van der Waals surface area contributed by atoms with E-state index in [-0.39, 0.29) is 11.8 Å². The van der Waals surface area contributed by atoms with E-state index in [1.807, 2.05) is 4.90 Å². The maximum atomic E-state index is 13.3. The molecule has 0 atom stereocenters. The van der Waals surface area contributed by atoms with Crippen molar-refractivity contribution in [3.63, 3.8) is 0 Å². The Morgan fingerprint density at radius 3 is 1.12 bits per heavy atom. The second kappa shape index (κ2) is 39.7. The van der Waals surface area contributed by atoms with Gasteiger partial charge in [-0.3, -0.25) is 9.59 Å². The molecule has 52 heavy (non-hydrogen) atoms. The third-order valence-corrected chi connectivity index (χ3v) is 13.7. The molecule has 0 heterocycles. The Kier molecular flexibility index (Phi) is 39.0. The molecular weight excluding hydrogens is 665 g/mol. The molecule has 0 aliphatic rings. The van der Waals surface area contributed by atoms with Crippen molar-refractivity contribution in [2.24, 2.45) is 0 Å². The van der Waals surface area contributed by atoms with E-state index in [1.54, 1.807) is 21.3 Å². The van der Waals surface area contributed by atoms with Crippen LogP contribution in [0.2, 0.25) is 6.04 Å². The Balaban J connectivity index is 4.17. The minimum Gasteiger partial charge on any atom is -0.377 e. The SMILES string of the molecule is CCCCCCCCCCCCCCCCCC(=O)NCCN(CCC[Si](OC)(OC)OC)C(=O)CCCCCCCCCCCCCCCCC. The second-order valence-corrected chi connectivity index (χ2v) is 18.6. The fourth-order valence-electron chi connectivity index (χ4n) is 7.29. The highest BCUT2D eigenvalue weighted by molar-refractivity contribution is 6.60. The average Bonchev–Trinajstić information content (AvgIpc) is 3.16. The first-order valence-corrected chi connectivity index (χ1v) is 24.6. The quantitative estimate of drug-likeness (QED) is 0.0496. The third kappa shape index (κ3) is 32.5. The fraction of sp³-hybridized carbons (Fsp3) is 0.955. The number of hydrogen-bond donors (Lipinski definition) is 1. The summed E-state index contributed by atoms with van der Waals surface area (Å²) in [5, 5.41) is 3.08. The number of carbonyl (C=O) groups excluding carboxylic acids is 2. The average molecular weight is 755 g/mol. The molecule has 1 N–H and O–H groups in total. The van der Waals surface area contributed by atoms with Gasteiger partial charge in [0, 0.05) is 59.8 Å². The molecular formula is C44H90N2O5Si. The number of nitrogens with one attached hydrogen (secondary N) is 1. The lowest BCUT2D eigenvalue weighted by atomic mass is 10.0. The van der Waals surface area contributed by atoms with Crippen molar-refractivity contribution in [1.82, 2.24) is 10.2 Å². The van der Waals surface area contributed by atoms with Gasteiger partial charge < -0.3 is 23.5 Å². The Hall–Kier alpha value is -0.963. The van der Waals surface area contributed by atoms with Crippen LogP contribution < -0.4 is 5.32 Å². The van der Waals surface area contributed by atoms with Crippen LogP contribution in [0.25, 0.3) is 0 Å². The lowest BCUT2D eigenvalue weighted by molar-refractivity contribution is -0.132. The van der Waals surface area contributed by atoms with E-state index in [9.17, 15) is 9.59 Å². The molecule has 0 saturated heterocycles. The van der Waals surface area contributed by atoms with Crippen molar-refractivity contribution in [2.45, 2.75) is 232 Å². The van der Waals surface area contributed by atoms with Crippen molar-refractivity contribution >= 4 is 20.6 Å². The van der Waals surface area contributed by atoms with Gasteiger partial charge in [0.1, 0.15) is 0 Å². The van der Waals surface area contributed by atoms with Gasteiger partial charge in [0.25, 0.3) is 0 Å². The molecule has 310 valence electrons. The van der Waals surface area contributed by atoms with Gasteiger partial charge in [-0.1, -0.05) is 194 Å². The van der Waals surface area contributed by atoms with E-state index in [1.165, 1.54) is 167 Å². The molecule has 0 bridgehead atoms. The highest BCUT2D eigenvalue weighted by Crippen LogP contribution is 2.18. The summed E-state index contributed by atoms with van der Waals surface area (Å²) < 4.78 is 16.8. The van der Waals surface area contributed by atoms with Crippen LogP contribution in [0.1, 0.15) is 226 Å². The first-order valence-electron chi connectivity index (χ1n) is 22.7. The zero-order valence-electron chi connectivity index (χ0n) is 35.7. The molecule has 0 spiro atoms. The predicted molar refractivity (Wildman–Crippen MR) is 225 cm³/mol. The molecule has 0 aromatic heterocycles. The van der Waals surface area contributed by atoms with E-state index in [4.69, 9.17) is 13.3 Å². The molecule has 0 aliphatic heterocycles. The Labute approximate surface area is 325 Å². The summed E-state index contributed by atoms with van der Waals surface area (Å²) in [5.74, 6) is 0.292. The number of carbonyl (C=O) groups is 2. The lowest BCUT2D eigenvalue weighted by Crippen LogP contribution is -2.44. The van der Waals surface area contributed by atoms with Crippen LogP contribution in [-0.4, -0.2) is 66.5 Å². The minimum atomic E-state index is -2.68. The van der Waals surface area contributed by atoms with Gasteiger partial charge in [-0.25, -0.2) is 0 Å². The standard InChI is InChI=1S/C44H90N2O5Si/c1-6-8-10-12-14-16-18-20-22-24-26-28-30-32-34-37-43(47)45-39-41-46(40-36-42-52(49-3,50-4)51-5)44(48)38-35-33-31-29-27-25-23-21-19-17-15-13-11-9-7-2/h6-42H2,1-5H3,(H,45,47). The van der Waals surface area contributed by atoms with Crippen LogP contribution in [0.3, 0.4) is 0 Å². The molecule has 2 amide bonds. The molecule has 0 saturated carbocycles. The first-order chi connectivity index (χ1) is 25.5. The van der Waals surface area contributed by atoms with Crippen molar-refractivity contribution in [2.75, 3.05) is 41.0 Å². The van der Waals surface area contributed by atoms with Gasteiger partial charge in [-0.15, -0.1) is 0 Å². The van der Waals surface area contributed by atoms with E-state index in [0.29, 0.717) is 38.5 Å². The van der Waals surface area contributed by atoms with Gasteiger partial charge in [0.05, 0.1) is 0 Å². The lowest BCUT2D eigenvalue weighted by Gasteiger charge is -2.27. The Bertz CT molecular complexity index is 759. The zero-order valence-corrected chi connectivity index (χ0v) is 36.7. The van der Waals surface area contributed by atoms with E-state index >= 15 is 0 Å². The van der Waals surface area contributed by atoms with E-state index < -0.39 is 8.80 Å². The van der Waals surface area contributed by atoms with Crippen molar-refractivity contribution < 1.29 is 22.9 Å². The van der Waals surface area contributed by atoms with Gasteiger partial charge in [-0.2, -0.15) is 0 Å². The van der Waals surface area contributed by atoms with Crippen molar-refractivity contribution in [3.8, 4) is 0 Å². The topological polar surface area (TPSA) is 77.1 Å². The summed E-state index contributed by atoms with van der Waals surface area (Å²) in [4.78, 5) is 27.8. The second-order valence-electron chi connectivity index (χ2n) is 15.5. The first kappa shape index (κ1) is 51.0. The maximum Gasteiger partial charge on any atom is 0.500 e. The van der Waals surface area contributed by atoms with Gasteiger partial charge >= 0.3 is 8.80 Å². The monoisotopic (exact) mass is 755 g/mol. The van der Waals surface area contributed by atoms with Crippen LogP contribution in [0, 0.1) is 0 Å². The highest BCUT2D eigenvalue weighted by atomic mass is 28.4. The summed E-state index contributed by atoms with van der Waals surface area (Å²) in [6.07, 6.45) is 41.5. The number of unbranched alkanes of at least 4 members (excludes halogenated alkanes) is 28. The molecule has 0 radical (unpaired) electrons. The maximum absolute atomic E-state index is 13.3. The molecule has 0 fully saturated rings. The summed E-state index contributed by atoms with van der Waals surface area (Å²) in [7, 11) is 2.21. The molecule has 0 aliphatic carbocycles. The molecule has 0 aromatic carbocycles. The van der Waals surface area contributed by atoms with Crippen LogP contribution in [-0.2, 0) is 22.9 Å². The van der Waals surface area contributed by atoms with Gasteiger partial charge in [-0.05, 0) is 19.3 Å².